The minimum atomic E-state index is -4.41. The Hall–Kier alpha value is -3.98. The normalized spacial score (nSPS) is 14.8. The smallest absolute Gasteiger partial charge is 0.366 e. The van der Waals surface area contributed by atoms with Gasteiger partial charge >= 0.3 is 6.18 Å². The Balaban J connectivity index is 1.66. The van der Waals surface area contributed by atoms with E-state index in [1.54, 1.807) is 13.0 Å². The lowest BCUT2D eigenvalue weighted by atomic mass is 9.97. The van der Waals surface area contributed by atoms with E-state index in [-0.39, 0.29) is 5.56 Å². The maximum absolute atomic E-state index is 15.1. The Morgan fingerprint density at radius 1 is 1.00 bits per heavy atom. The van der Waals surface area contributed by atoms with Gasteiger partial charge in [0.15, 0.2) is 0 Å². The van der Waals surface area contributed by atoms with Crippen LogP contribution in [-0.2, 0) is 37.6 Å². The summed E-state index contributed by atoms with van der Waals surface area (Å²) in [6, 6.07) is 14.4. The molecule has 1 amide bonds. The van der Waals surface area contributed by atoms with Gasteiger partial charge in [-0.15, -0.1) is 0 Å². The average molecular weight is 579 g/mol. The lowest BCUT2D eigenvalue weighted by Crippen LogP contribution is -2.36. The first-order valence-corrected chi connectivity index (χ1v) is 14.0. The molecule has 1 aromatic heterocycles. The molecule has 0 saturated carbocycles. The SMILES string of the molecule is CCc1cccc(CC)c1-n1nc2c(c1-c1ccc(C(N)=O)c(F)c1)CN(Cc1ccc(C(F)(F)F)cc1C)C2(C)C. The molecule has 3 aromatic carbocycles. The molecular formula is C33H34F4N4O. The summed E-state index contributed by atoms with van der Waals surface area (Å²) in [4.78, 5) is 13.9. The molecule has 42 heavy (non-hydrogen) atoms. The number of fused-ring (bicyclic) bond motifs is 1. The van der Waals surface area contributed by atoms with Crippen LogP contribution in [0.4, 0.5) is 17.6 Å². The molecule has 9 heteroatoms. The highest BCUT2D eigenvalue weighted by Gasteiger charge is 2.43. The number of rotatable bonds is 7. The van der Waals surface area contributed by atoms with Gasteiger partial charge in [-0.3, -0.25) is 9.69 Å². The summed E-state index contributed by atoms with van der Waals surface area (Å²) in [5, 5.41) is 5.17. The Bertz CT molecular complexity index is 1660. The summed E-state index contributed by atoms with van der Waals surface area (Å²) in [5.74, 6) is -1.56. The van der Waals surface area contributed by atoms with E-state index in [1.807, 2.05) is 24.6 Å². The van der Waals surface area contributed by atoms with Crippen LogP contribution in [0.2, 0.25) is 0 Å². The van der Waals surface area contributed by atoms with E-state index < -0.39 is 29.0 Å². The van der Waals surface area contributed by atoms with Crippen molar-refractivity contribution in [2.75, 3.05) is 0 Å². The number of nitrogens with zero attached hydrogens (tertiary/aromatic N) is 3. The van der Waals surface area contributed by atoms with Crippen molar-refractivity contribution in [3.63, 3.8) is 0 Å². The van der Waals surface area contributed by atoms with Gasteiger partial charge < -0.3 is 5.73 Å². The highest BCUT2D eigenvalue weighted by atomic mass is 19.4. The van der Waals surface area contributed by atoms with Crippen LogP contribution in [0.3, 0.4) is 0 Å². The Labute approximate surface area is 243 Å². The van der Waals surface area contributed by atoms with E-state index in [2.05, 4.69) is 30.9 Å². The third-order valence-electron chi connectivity index (χ3n) is 8.42. The van der Waals surface area contributed by atoms with Crippen molar-refractivity contribution in [2.24, 2.45) is 5.73 Å². The molecule has 0 spiro atoms. The van der Waals surface area contributed by atoms with Crippen molar-refractivity contribution < 1.29 is 22.4 Å². The fourth-order valence-electron chi connectivity index (χ4n) is 5.95. The molecule has 4 aromatic rings. The summed E-state index contributed by atoms with van der Waals surface area (Å²) >= 11 is 0. The zero-order chi connectivity index (χ0) is 30.6. The van der Waals surface area contributed by atoms with Crippen molar-refractivity contribution in [2.45, 2.75) is 72.3 Å². The van der Waals surface area contributed by atoms with E-state index in [1.165, 1.54) is 24.3 Å². The molecule has 5 rings (SSSR count). The molecule has 0 bridgehead atoms. The quantitative estimate of drug-likeness (QED) is 0.231. The minimum Gasteiger partial charge on any atom is -0.366 e. The second-order valence-electron chi connectivity index (χ2n) is 11.3. The van der Waals surface area contributed by atoms with Crippen LogP contribution in [0.15, 0.2) is 54.6 Å². The van der Waals surface area contributed by atoms with Gasteiger partial charge in [0.2, 0.25) is 0 Å². The number of aryl methyl sites for hydroxylation is 3. The molecule has 2 N–H and O–H groups in total. The largest absolute Gasteiger partial charge is 0.416 e. The molecule has 0 atom stereocenters. The highest BCUT2D eigenvalue weighted by Crippen LogP contribution is 2.45. The third kappa shape index (κ3) is 5.00. The summed E-state index contributed by atoms with van der Waals surface area (Å²) in [6.07, 6.45) is -2.87. The van der Waals surface area contributed by atoms with Gasteiger partial charge in [0.1, 0.15) is 5.82 Å². The maximum Gasteiger partial charge on any atom is 0.416 e. The Kier molecular flexibility index (Phi) is 7.51. The number of para-hydroxylation sites is 1. The number of primary amides is 1. The van der Waals surface area contributed by atoms with E-state index in [9.17, 15) is 18.0 Å². The number of hydrogen-bond donors (Lipinski definition) is 1. The van der Waals surface area contributed by atoms with Gasteiger partial charge in [0.05, 0.1) is 33.7 Å². The lowest BCUT2D eigenvalue weighted by Gasteiger charge is -2.32. The zero-order valence-corrected chi connectivity index (χ0v) is 24.4. The molecule has 0 unspecified atom stereocenters. The van der Waals surface area contributed by atoms with Crippen molar-refractivity contribution in [1.82, 2.24) is 14.7 Å². The van der Waals surface area contributed by atoms with Crippen LogP contribution in [0.5, 0.6) is 0 Å². The van der Waals surface area contributed by atoms with Crippen LogP contribution in [0.1, 0.15) is 77.1 Å². The van der Waals surface area contributed by atoms with Gasteiger partial charge in [-0.2, -0.15) is 18.3 Å². The standard InChI is InChI=1S/C33H34F4N4O/c1-6-20-9-8-10-21(7-2)28(20)41-29(22-12-14-25(31(38)42)27(34)16-22)26-18-40(32(4,5)30(26)39-41)17-23-11-13-24(15-19(23)3)33(35,36)37/h8-16H,6-7,17-18H2,1-5H3,(H2,38,42). The first kappa shape index (κ1) is 29.5. The second-order valence-corrected chi connectivity index (χ2v) is 11.3. The monoisotopic (exact) mass is 578 g/mol. The lowest BCUT2D eigenvalue weighted by molar-refractivity contribution is -0.137. The first-order chi connectivity index (χ1) is 19.8. The van der Waals surface area contributed by atoms with Crippen LogP contribution in [0, 0.1) is 12.7 Å². The number of carbonyl (C=O) groups excluding carboxylic acids is 1. The number of carbonyl (C=O) groups is 1. The number of alkyl halides is 3. The topological polar surface area (TPSA) is 64.2 Å². The minimum absolute atomic E-state index is 0.190. The van der Waals surface area contributed by atoms with Gasteiger partial charge in [-0.25, -0.2) is 9.07 Å². The van der Waals surface area contributed by atoms with Gasteiger partial charge in [-0.1, -0.05) is 44.2 Å². The summed E-state index contributed by atoms with van der Waals surface area (Å²) in [6.45, 7) is 10.8. The van der Waals surface area contributed by atoms with Gasteiger partial charge in [0.25, 0.3) is 5.91 Å². The average Bonchev–Trinajstić information content (AvgIpc) is 3.42. The predicted molar refractivity (Wildman–Crippen MR) is 155 cm³/mol. The first-order valence-electron chi connectivity index (χ1n) is 14.0. The Morgan fingerprint density at radius 2 is 1.67 bits per heavy atom. The summed E-state index contributed by atoms with van der Waals surface area (Å²) < 4.78 is 56.9. The third-order valence-corrected chi connectivity index (χ3v) is 8.42. The van der Waals surface area contributed by atoms with Crippen molar-refractivity contribution >= 4 is 5.91 Å². The molecule has 1 aliphatic rings. The van der Waals surface area contributed by atoms with E-state index in [0.29, 0.717) is 24.2 Å². The van der Waals surface area contributed by atoms with Crippen LogP contribution >= 0.6 is 0 Å². The molecule has 220 valence electrons. The fourth-order valence-corrected chi connectivity index (χ4v) is 5.95. The van der Waals surface area contributed by atoms with Crippen LogP contribution < -0.4 is 5.73 Å². The molecule has 0 aliphatic carbocycles. The van der Waals surface area contributed by atoms with Gasteiger partial charge in [-0.05, 0) is 80.1 Å². The van der Waals surface area contributed by atoms with E-state index in [4.69, 9.17) is 10.8 Å². The zero-order valence-electron chi connectivity index (χ0n) is 24.4. The molecule has 2 heterocycles. The maximum atomic E-state index is 15.1. The molecule has 5 nitrogen and oxygen atoms in total. The highest BCUT2D eigenvalue weighted by molar-refractivity contribution is 5.93. The predicted octanol–water partition coefficient (Wildman–Crippen LogP) is 7.48. The van der Waals surface area contributed by atoms with Crippen molar-refractivity contribution in [3.05, 3.63) is 105 Å². The molecule has 1 aliphatic heterocycles. The summed E-state index contributed by atoms with van der Waals surface area (Å²) in [7, 11) is 0. The Morgan fingerprint density at radius 3 is 2.21 bits per heavy atom. The summed E-state index contributed by atoms with van der Waals surface area (Å²) in [5.41, 5.74) is 11.4. The molecule has 0 radical (unpaired) electrons. The number of hydrogen-bond acceptors (Lipinski definition) is 3. The van der Waals surface area contributed by atoms with Crippen LogP contribution in [-0.4, -0.2) is 20.6 Å². The molecule has 0 fully saturated rings. The number of halogens is 4. The van der Waals surface area contributed by atoms with E-state index >= 15 is 4.39 Å². The van der Waals surface area contributed by atoms with Crippen molar-refractivity contribution in [1.29, 1.82) is 0 Å². The number of aromatic nitrogens is 2. The fraction of sp³-hybridized carbons (Fsp3) is 0.333. The number of nitrogens with two attached hydrogens (primary N) is 1. The molecule has 0 saturated heterocycles. The van der Waals surface area contributed by atoms with Crippen molar-refractivity contribution in [3.8, 4) is 16.9 Å². The van der Waals surface area contributed by atoms with Crippen LogP contribution in [0.25, 0.3) is 16.9 Å². The number of amides is 1. The second kappa shape index (κ2) is 10.7. The number of benzene rings is 3. The molecular weight excluding hydrogens is 544 g/mol. The van der Waals surface area contributed by atoms with E-state index in [0.717, 1.165) is 58.2 Å². The van der Waals surface area contributed by atoms with Gasteiger partial charge in [0, 0.05) is 24.2 Å².